The third kappa shape index (κ3) is 6.14. The summed E-state index contributed by atoms with van der Waals surface area (Å²) in [5, 5.41) is 2.87. The van der Waals surface area contributed by atoms with Gasteiger partial charge in [0.25, 0.3) is 5.91 Å². The summed E-state index contributed by atoms with van der Waals surface area (Å²) in [6.07, 6.45) is 2.56. The number of rotatable bonds is 8. The van der Waals surface area contributed by atoms with Gasteiger partial charge in [0.15, 0.2) is 9.84 Å². The predicted octanol–water partition coefficient (Wildman–Crippen LogP) is 3.59. The van der Waals surface area contributed by atoms with E-state index in [1.165, 1.54) is 49.8 Å². The second kappa shape index (κ2) is 10.2. The zero-order valence-electron chi connectivity index (χ0n) is 17.6. The molecule has 2 aromatic carbocycles. The summed E-state index contributed by atoms with van der Waals surface area (Å²) in [6, 6.07) is 13.9. The van der Waals surface area contributed by atoms with Crippen LogP contribution in [-0.4, -0.2) is 51.8 Å². The Hall–Kier alpha value is -2.22. The number of nitrogens with zero attached hydrogens (tertiary/aromatic N) is 1. The molecular formula is C23H30N2O4S. The zero-order chi connectivity index (χ0) is 21.6. The van der Waals surface area contributed by atoms with Crippen LogP contribution >= 0.6 is 0 Å². The van der Waals surface area contributed by atoms with Gasteiger partial charge in [0.1, 0.15) is 0 Å². The van der Waals surface area contributed by atoms with Crippen molar-refractivity contribution < 1.29 is 17.9 Å². The first kappa shape index (κ1) is 22.5. The number of carbonyl (C=O) groups excluding carboxylic acids is 1. The smallest absolute Gasteiger partial charge is 0.255 e. The van der Waals surface area contributed by atoms with Crippen LogP contribution in [0.1, 0.15) is 35.7 Å². The second-order valence-electron chi connectivity index (χ2n) is 7.97. The van der Waals surface area contributed by atoms with Crippen LogP contribution < -0.4 is 5.32 Å². The third-order valence-electron chi connectivity index (χ3n) is 5.39. The van der Waals surface area contributed by atoms with E-state index in [9.17, 15) is 13.2 Å². The van der Waals surface area contributed by atoms with E-state index in [1.54, 1.807) is 0 Å². The number of ether oxygens (including phenoxy) is 1. The molecule has 162 valence electrons. The molecule has 1 unspecified atom stereocenters. The van der Waals surface area contributed by atoms with Crippen molar-refractivity contribution in [3.8, 4) is 0 Å². The first-order valence-electron chi connectivity index (χ1n) is 10.3. The molecular weight excluding hydrogens is 400 g/mol. The minimum absolute atomic E-state index is 0.0856. The minimum Gasteiger partial charge on any atom is -0.384 e. The summed E-state index contributed by atoms with van der Waals surface area (Å²) in [5.41, 5.74) is 2.35. The molecule has 1 aliphatic heterocycles. The monoisotopic (exact) mass is 430 g/mol. The predicted molar refractivity (Wildman–Crippen MR) is 118 cm³/mol. The first-order valence-corrected chi connectivity index (χ1v) is 12.0. The maximum absolute atomic E-state index is 12.5. The van der Waals surface area contributed by atoms with Crippen molar-refractivity contribution in [2.24, 2.45) is 5.92 Å². The Morgan fingerprint density at radius 3 is 2.47 bits per heavy atom. The van der Waals surface area contributed by atoms with Gasteiger partial charge in [-0.15, -0.1) is 0 Å². The van der Waals surface area contributed by atoms with Crippen molar-refractivity contribution >= 4 is 21.4 Å². The average Bonchev–Trinajstić information content (AvgIpc) is 2.74. The summed E-state index contributed by atoms with van der Waals surface area (Å²) in [5.74, 6) is 0.393. The Morgan fingerprint density at radius 2 is 1.83 bits per heavy atom. The highest BCUT2D eigenvalue weighted by atomic mass is 32.2. The lowest BCUT2D eigenvalue weighted by molar-refractivity contribution is 0.102. The van der Waals surface area contributed by atoms with E-state index < -0.39 is 9.84 Å². The van der Waals surface area contributed by atoms with Crippen LogP contribution in [0.15, 0.2) is 53.4 Å². The van der Waals surface area contributed by atoms with Crippen LogP contribution in [-0.2, 0) is 21.1 Å². The fourth-order valence-corrected chi connectivity index (χ4v) is 4.88. The minimum atomic E-state index is -3.41. The molecule has 6 nitrogen and oxygen atoms in total. The molecule has 1 heterocycles. The number of carbonyl (C=O) groups is 1. The fourth-order valence-electron chi connectivity index (χ4n) is 3.71. The Bertz CT molecular complexity index is 940. The van der Waals surface area contributed by atoms with Crippen LogP contribution in [0.2, 0.25) is 0 Å². The van der Waals surface area contributed by atoms with E-state index in [4.69, 9.17) is 4.74 Å². The molecule has 1 saturated heterocycles. The molecule has 0 bridgehead atoms. The lowest BCUT2D eigenvalue weighted by atomic mass is 10.00. The van der Waals surface area contributed by atoms with Gasteiger partial charge < -0.3 is 10.1 Å². The summed E-state index contributed by atoms with van der Waals surface area (Å²) in [6.45, 7) is 5.64. The molecule has 1 aliphatic rings. The van der Waals surface area contributed by atoms with Crippen molar-refractivity contribution in [3.05, 3.63) is 59.7 Å². The van der Waals surface area contributed by atoms with Crippen molar-refractivity contribution in [2.45, 2.75) is 31.2 Å². The molecule has 2 aromatic rings. The van der Waals surface area contributed by atoms with Crippen LogP contribution in [0.5, 0.6) is 0 Å². The van der Waals surface area contributed by atoms with Crippen molar-refractivity contribution in [3.63, 3.8) is 0 Å². The van der Waals surface area contributed by atoms with Gasteiger partial charge in [-0.3, -0.25) is 9.69 Å². The maximum atomic E-state index is 12.5. The molecule has 1 atom stereocenters. The zero-order valence-corrected chi connectivity index (χ0v) is 18.5. The highest BCUT2D eigenvalue weighted by molar-refractivity contribution is 7.91. The summed E-state index contributed by atoms with van der Waals surface area (Å²) >= 11 is 0. The van der Waals surface area contributed by atoms with Gasteiger partial charge in [-0.1, -0.05) is 19.1 Å². The van der Waals surface area contributed by atoms with Crippen LogP contribution in [0, 0.1) is 5.92 Å². The standard InChI is InChI=1S/C23H30N2O4S/c1-18-4-3-13-25(16-18)17-19-5-9-21(10-6-19)24-23(26)20-7-11-22(12-8-20)30(27,28)15-14-29-2/h5-12,18H,3-4,13-17H2,1-2H3,(H,24,26). The number of benzene rings is 2. The Balaban J connectivity index is 1.57. The van der Waals surface area contributed by atoms with E-state index in [-0.39, 0.29) is 23.2 Å². The largest absolute Gasteiger partial charge is 0.384 e. The van der Waals surface area contributed by atoms with E-state index in [1.807, 2.05) is 24.3 Å². The molecule has 0 aromatic heterocycles. The van der Waals surface area contributed by atoms with Gasteiger partial charge in [-0.25, -0.2) is 8.42 Å². The number of amides is 1. The van der Waals surface area contributed by atoms with Gasteiger partial charge in [0.2, 0.25) is 0 Å². The SMILES string of the molecule is COCCS(=O)(=O)c1ccc(C(=O)Nc2ccc(CN3CCCC(C)C3)cc2)cc1. The molecule has 1 fully saturated rings. The number of nitrogens with one attached hydrogen (secondary N) is 1. The summed E-state index contributed by atoms with van der Waals surface area (Å²) < 4.78 is 29.2. The van der Waals surface area contributed by atoms with E-state index in [2.05, 4.69) is 17.1 Å². The van der Waals surface area contributed by atoms with E-state index >= 15 is 0 Å². The Labute approximate surface area is 179 Å². The molecule has 30 heavy (non-hydrogen) atoms. The maximum Gasteiger partial charge on any atom is 0.255 e. The lowest BCUT2D eigenvalue weighted by Crippen LogP contribution is -2.33. The van der Waals surface area contributed by atoms with Gasteiger partial charge in [0.05, 0.1) is 17.3 Å². The lowest BCUT2D eigenvalue weighted by Gasteiger charge is -2.30. The molecule has 3 rings (SSSR count). The number of likely N-dealkylation sites (tertiary alicyclic amines) is 1. The quantitative estimate of drug-likeness (QED) is 0.693. The number of anilines is 1. The van der Waals surface area contributed by atoms with Crippen LogP contribution in [0.4, 0.5) is 5.69 Å². The fraction of sp³-hybridized carbons (Fsp3) is 0.435. The van der Waals surface area contributed by atoms with Crippen molar-refractivity contribution in [1.29, 1.82) is 0 Å². The van der Waals surface area contributed by atoms with Crippen LogP contribution in [0.3, 0.4) is 0 Å². The molecule has 1 N–H and O–H groups in total. The molecule has 0 spiro atoms. The van der Waals surface area contributed by atoms with Crippen molar-refractivity contribution in [2.75, 3.05) is 37.9 Å². The van der Waals surface area contributed by atoms with Gasteiger partial charge >= 0.3 is 0 Å². The molecule has 0 radical (unpaired) electrons. The third-order valence-corrected chi connectivity index (χ3v) is 7.09. The van der Waals surface area contributed by atoms with Crippen LogP contribution in [0.25, 0.3) is 0 Å². The van der Waals surface area contributed by atoms with Crippen molar-refractivity contribution in [1.82, 2.24) is 4.90 Å². The molecule has 1 amide bonds. The number of sulfone groups is 1. The summed E-state index contributed by atoms with van der Waals surface area (Å²) in [4.78, 5) is 15.2. The number of piperidine rings is 1. The Kier molecular flexibility index (Phi) is 7.64. The highest BCUT2D eigenvalue weighted by Crippen LogP contribution is 2.19. The second-order valence-corrected chi connectivity index (χ2v) is 10.1. The average molecular weight is 431 g/mol. The molecule has 0 saturated carbocycles. The number of hydrogen-bond acceptors (Lipinski definition) is 5. The van der Waals surface area contributed by atoms with Gasteiger partial charge in [0, 0.05) is 31.5 Å². The number of hydrogen-bond donors (Lipinski definition) is 1. The number of methoxy groups -OCH3 is 1. The Morgan fingerprint density at radius 1 is 1.13 bits per heavy atom. The first-order chi connectivity index (χ1) is 14.4. The van der Waals surface area contributed by atoms with Gasteiger partial charge in [-0.05, 0) is 67.3 Å². The normalized spacial score (nSPS) is 17.6. The van der Waals surface area contributed by atoms with E-state index in [0.29, 0.717) is 11.3 Å². The molecule has 0 aliphatic carbocycles. The topological polar surface area (TPSA) is 75.7 Å². The van der Waals surface area contributed by atoms with Gasteiger partial charge in [-0.2, -0.15) is 0 Å². The summed E-state index contributed by atoms with van der Waals surface area (Å²) in [7, 11) is -1.94. The molecule has 7 heteroatoms. The highest BCUT2D eigenvalue weighted by Gasteiger charge is 2.17. The van der Waals surface area contributed by atoms with E-state index in [0.717, 1.165) is 25.6 Å².